The third-order valence-electron chi connectivity index (χ3n) is 4.79. The summed E-state index contributed by atoms with van der Waals surface area (Å²) in [5.41, 5.74) is 4.01. The Morgan fingerprint density at radius 3 is 2.32 bits per heavy atom. The average Bonchev–Trinajstić information content (AvgIpc) is 3.07. The highest BCUT2D eigenvalue weighted by Gasteiger charge is 2.37. The molecule has 0 amide bonds. The molecule has 1 aliphatic rings. The van der Waals surface area contributed by atoms with Gasteiger partial charge < -0.3 is 0 Å². The Balaban J connectivity index is 1.76. The zero-order chi connectivity index (χ0) is 19.7. The van der Waals surface area contributed by atoms with Crippen molar-refractivity contribution in [3.63, 3.8) is 0 Å². The van der Waals surface area contributed by atoms with Gasteiger partial charge in [-0.2, -0.15) is 0 Å². The van der Waals surface area contributed by atoms with Crippen LogP contribution >= 0.6 is 11.8 Å². The number of thioether (sulfide) groups is 1. The van der Waals surface area contributed by atoms with E-state index in [1.165, 1.54) is 4.31 Å². The van der Waals surface area contributed by atoms with Crippen LogP contribution in [0.1, 0.15) is 16.7 Å². The van der Waals surface area contributed by atoms with E-state index >= 15 is 0 Å². The summed E-state index contributed by atoms with van der Waals surface area (Å²) in [5, 5.41) is -0.330. The van der Waals surface area contributed by atoms with Gasteiger partial charge in [0.15, 0.2) is 0 Å². The summed E-state index contributed by atoms with van der Waals surface area (Å²) in [6.45, 7) is 4.00. The van der Waals surface area contributed by atoms with Crippen LogP contribution in [0.15, 0.2) is 88.7 Å². The Morgan fingerprint density at radius 1 is 0.893 bits per heavy atom. The van der Waals surface area contributed by atoms with Crippen LogP contribution in [0.5, 0.6) is 0 Å². The van der Waals surface area contributed by atoms with Gasteiger partial charge in [0, 0.05) is 4.90 Å². The van der Waals surface area contributed by atoms with E-state index in [1.54, 1.807) is 23.9 Å². The monoisotopic (exact) mass is 407 g/mol. The Hall–Kier alpha value is -2.50. The van der Waals surface area contributed by atoms with Crippen molar-refractivity contribution in [3.8, 4) is 0 Å². The molecule has 28 heavy (non-hydrogen) atoms. The highest BCUT2D eigenvalue weighted by Crippen LogP contribution is 2.46. The first-order valence-electron chi connectivity index (χ1n) is 9.07. The predicted octanol–water partition coefficient (Wildman–Crippen LogP) is 5.64. The molecule has 1 unspecified atom stereocenters. The summed E-state index contributed by atoms with van der Waals surface area (Å²) in [6, 6.07) is 22.8. The number of hydrogen-bond acceptors (Lipinski definition) is 3. The van der Waals surface area contributed by atoms with Crippen molar-refractivity contribution in [2.24, 2.45) is 0 Å². The Labute approximate surface area is 170 Å². The first-order valence-corrected chi connectivity index (χ1v) is 11.4. The van der Waals surface area contributed by atoms with Crippen molar-refractivity contribution in [2.75, 3.05) is 4.31 Å². The molecular weight excluding hydrogens is 386 g/mol. The standard InChI is InChI=1S/C23H21NO2S2/c1-17-11-14-20(15-12-17)28(25,26)24-21-9-5-6-10-22(21)27-23(24)16-13-19-8-4-3-7-18(19)2/h3-16,23H,1-2H3/b16-13+. The summed E-state index contributed by atoms with van der Waals surface area (Å²) in [6.07, 6.45) is 3.98. The minimum Gasteiger partial charge on any atom is -0.248 e. The van der Waals surface area contributed by atoms with Gasteiger partial charge in [-0.05, 0) is 55.3 Å². The molecule has 0 saturated heterocycles. The van der Waals surface area contributed by atoms with Gasteiger partial charge in [-0.3, -0.25) is 0 Å². The van der Waals surface area contributed by atoms with Gasteiger partial charge in [0.05, 0.1) is 10.6 Å². The highest BCUT2D eigenvalue weighted by molar-refractivity contribution is 8.03. The smallest absolute Gasteiger partial charge is 0.248 e. The lowest BCUT2D eigenvalue weighted by molar-refractivity contribution is 0.592. The van der Waals surface area contributed by atoms with Crippen molar-refractivity contribution in [1.29, 1.82) is 0 Å². The van der Waals surface area contributed by atoms with Crippen molar-refractivity contribution >= 4 is 33.5 Å². The summed E-state index contributed by atoms with van der Waals surface area (Å²) in [5.74, 6) is 0. The second-order valence-electron chi connectivity index (χ2n) is 6.81. The molecule has 0 spiro atoms. The predicted molar refractivity (Wildman–Crippen MR) is 117 cm³/mol. The molecule has 0 bridgehead atoms. The van der Waals surface area contributed by atoms with Crippen LogP contribution < -0.4 is 4.31 Å². The normalized spacial score (nSPS) is 16.5. The van der Waals surface area contributed by atoms with Crippen LogP contribution in [-0.4, -0.2) is 13.8 Å². The average molecular weight is 408 g/mol. The quantitative estimate of drug-likeness (QED) is 0.561. The summed E-state index contributed by atoms with van der Waals surface area (Å²) in [7, 11) is -3.67. The number of fused-ring (bicyclic) bond motifs is 1. The maximum Gasteiger partial charge on any atom is 0.265 e. The number of benzene rings is 3. The fraction of sp³-hybridized carbons (Fsp3) is 0.130. The third-order valence-corrected chi connectivity index (χ3v) is 7.94. The van der Waals surface area contributed by atoms with E-state index in [2.05, 4.69) is 13.0 Å². The molecule has 0 radical (unpaired) electrons. The molecular formula is C23H21NO2S2. The number of sulfonamides is 1. The van der Waals surface area contributed by atoms with Gasteiger partial charge in [0.25, 0.3) is 10.0 Å². The number of hydrogen-bond donors (Lipinski definition) is 0. The Kier molecular flexibility index (Phi) is 5.04. The first-order chi connectivity index (χ1) is 13.5. The van der Waals surface area contributed by atoms with Gasteiger partial charge in [-0.15, -0.1) is 0 Å². The SMILES string of the molecule is Cc1ccc(S(=O)(=O)N2c3ccccc3SC2/C=C/c2ccccc2C)cc1. The molecule has 3 nitrogen and oxygen atoms in total. The largest absolute Gasteiger partial charge is 0.265 e. The fourth-order valence-electron chi connectivity index (χ4n) is 3.22. The first kappa shape index (κ1) is 18.8. The third kappa shape index (κ3) is 3.48. The van der Waals surface area contributed by atoms with Gasteiger partial charge in [0.2, 0.25) is 0 Å². The van der Waals surface area contributed by atoms with Crippen LogP contribution in [0, 0.1) is 13.8 Å². The molecule has 0 N–H and O–H groups in total. The molecule has 0 saturated carbocycles. The number of para-hydroxylation sites is 1. The summed E-state index contributed by atoms with van der Waals surface area (Å²) in [4.78, 5) is 1.28. The fourth-order valence-corrected chi connectivity index (χ4v) is 6.29. The van der Waals surface area contributed by atoms with Crippen LogP contribution in [0.2, 0.25) is 0 Å². The molecule has 0 fully saturated rings. The molecule has 1 atom stereocenters. The zero-order valence-electron chi connectivity index (χ0n) is 15.7. The maximum atomic E-state index is 13.5. The van der Waals surface area contributed by atoms with E-state index in [0.717, 1.165) is 27.3 Å². The van der Waals surface area contributed by atoms with Crippen molar-refractivity contribution in [1.82, 2.24) is 0 Å². The van der Waals surface area contributed by atoms with Crippen LogP contribution in [-0.2, 0) is 10.0 Å². The van der Waals surface area contributed by atoms with E-state index in [9.17, 15) is 8.42 Å². The van der Waals surface area contributed by atoms with E-state index in [4.69, 9.17) is 0 Å². The summed E-state index contributed by atoms with van der Waals surface area (Å²) < 4.78 is 28.5. The molecule has 4 rings (SSSR count). The van der Waals surface area contributed by atoms with Crippen LogP contribution in [0.25, 0.3) is 6.08 Å². The van der Waals surface area contributed by atoms with Crippen LogP contribution in [0.3, 0.4) is 0 Å². The molecule has 0 aromatic heterocycles. The van der Waals surface area contributed by atoms with E-state index < -0.39 is 10.0 Å². The number of rotatable bonds is 4. The zero-order valence-corrected chi connectivity index (χ0v) is 17.4. The van der Waals surface area contributed by atoms with Gasteiger partial charge in [0.1, 0.15) is 5.37 Å². The lowest BCUT2D eigenvalue weighted by Gasteiger charge is -2.24. The maximum absolute atomic E-state index is 13.5. The second kappa shape index (κ2) is 7.49. The minimum atomic E-state index is -3.67. The molecule has 1 aliphatic heterocycles. The molecule has 5 heteroatoms. The number of anilines is 1. The van der Waals surface area contributed by atoms with Crippen molar-refractivity contribution < 1.29 is 8.42 Å². The van der Waals surface area contributed by atoms with Gasteiger partial charge in [-0.25, -0.2) is 12.7 Å². The van der Waals surface area contributed by atoms with E-state index in [1.807, 2.05) is 73.7 Å². The molecule has 1 heterocycles. The topological polar surface area (TPSA) is 37.4 Å². The molecule has 142 valence electrons. The molecule has 3 aromatic carbocycles. The second-order valence-corrected chi connectivity index (χ2v) is 9.78. The molecule has 3 aromatic rings. The van der Waals surface area contributed by atoms with Crippen molar-refractivity contribution in [2.45, 2.75) is 29.0 Å². The van der Waals surface area contributed by atoms with Crippen molar-refractivity contribution in [3.05, 3.63) is 95.6 Å². The number of nitrogens with zero attached hydrogens (tertiary/aromatic N) is 1. The van der Waals surface area contributed by atoms with Crippen LogP contribution in [0.4, 0.5) is 5.69 Å². The lowest BCUT2D eigenvalue weighted by Crippen LogP contribution is -2.34. The van der Waals surface area contributed by atoms with Gasteiger partial charge in [-0.1, -0.05) is 71.9 Å². The highest BCUT2D eigenvalue weighted by atomic mass is 32.2. The number of aryl methyl sites for hydroxylation is 2. The minimum absolute atomic E-state index is 0.310. The Morgan fingerprint density at radius 2 is 1.57 bits per heavy atom. The lowest BCUT2D eigenvalue weighted by atomic mass is 10.1. The van der Waals surface area contributed by atoms with E-state index in [0.29, 0.717) is 4.90 Å². The Bertz CT molecular complexity index is 1140. The summed E-state index contributed by atoms with van der Waals surface area (Å²) >= 11 is 1.55. The van der Waals surface area contributed by atoms with E-state index in [-0.39, 0.29) is 5.37 Å². The molecule has 0 aliphatic carbocycles. The van der Waals surface area contributed by atoms with Gasteiger partial charge >= 0.3 is 0 Å².